The molecule has 0 amide bonds. The van der Waals surface area contributed by atoms with E-state index in [9.17, 15) is 30.3 Å². The van der Waals surface area contributed by atoms with E-state index in [0.717, 1.165) is 49.7 Å². The van der Waals surface area contributed by atoms with Crippen molar-refractivity contribution in [1.82, 2.24) is 9.97 Å². The van der Waals surface area contributed by atoms with Crippen molar-refractivity contribution in [3.63, 3.8) is 0 Å². The second kappa shape index (κ2) is 20.1. The fourth-order valence-electron chi connectivity index (χ4n) is 9.16. The number of hydrogen-bond donors (Lipinski definition) is 6. The lowest BCUT2D eigenvalue weighted by molar-refractivity contribution is -0.147. The number of carboxylic acids is 1. The minimum atomic E-state index is -1.31. The van der Waals surface area contributed by atoms with Crippen LogP contribution in [0.4, 0.5) is 5.82 Å². The highest BCUT2D eigenvalue weighted by Crippen LogP contribution is 2.50. The highest BCUT2D eigenvalue weighted by molar-refractivity contribution is 5.70. The molecule has 2 aromatic heterocycles. The van der Waals surface area contributed by atoms with Crippen LogP contribution >= 0.6 is 0 Å². The molecule has 1 fully saturated rings. The van der Waals surface area contributed by atoms with Crippen molar-refractivity contribution < 1.29 is 30.3 Å². The molecule has 1 saturated carbocycles. The number of hydrogen-bond acceptors (Lipinski definition) is 7. The standard InChI is InChI=1S/C43H68N3O6/c1-5-6-8-11-30-14-15-33(39(48)23-30)12-9-7-10-13-35(42(50)51)38(47)16-18-43(52)26-32(21-31-17-19-45-40(44)24-31)22-36(43)41(49)37-25-34(27-46-37)29(4)20-28(2)3/h14-15,17,19,24-25,27-30,32-33,35-36,38-39,41,47-49,52H,5-13,16,18,20-23,26H2,1-4H3,(H2,44,45)(H,50,51)/q-1/t29-,30-,32-,33-,35+,36+,38-,39-,41+,43+/m1/s1. The number of aliphatic hydroxyl groups excluding tert-OH is 3. The molecule has 0 unspecified atom stereocenters. The maximum atomic E-state index is 12.3. The molecular weight excluding hydrogens is 654 g/mol. The SMILES string of the molecule is CCCCC[C@@H]1C=C[C@@H](CCCCC[C@H](C(=O)O)[C@H](O)CC[C@]2(O)C[C@H](Cc3ccnc(N)c3)C[C@H]2[C@H](O)c2cc([C@H](C)CC(C)C)c[n-]2)[C@H](O)C1. The van der Waals surface area contributed by atoms with Gasteiger partial charge in [-0.2, -0.15) is 6.20 Å². The Kier molecular flexibility index (Phi) is 16.2. The van der Waals surface area contributed by atoms with Gasteiger partial charge in [-0.25, -0.2) is 4.98 Å². The van der Waals surface area contributed by atoms with Crippen LogP contribution in [-0.2, 0) is 11.2 Å². The number of nitrogens with zero attached hydrogens (tertiary/aromatic N) is 2. The summed E-state index contributed by atoms with van der Waals surface area (Å²) >= 11 is 0. The predicted molar refractivity (Wildman–Crippen MR) is 206 cm³/mol. The highest BCUT2D eigenvalue weighted by atomic mass is 16.4. The first-order valence-corrected chi connectivity index (χ1v) is 20.3. The number of pyridine rings is 1. The van der Waals surface area contributed by atoms with E-state index in [2.05, 4.69) is 49.8 Å². The van der Waals surface area contributed by atoms with E-state index in [1.807, 2.05) is 24.4 Å². The zero-order valence-electron chi connectivity index (χ0n) is 32.2. The molecular formula is C43H68N3O6-. The van der Waals surface area contributed by atoms with Crippen molar-refractivity contribution in [2.75, 3.05) is 5.73 Å². The first-order chi connectivity index (χ1) is 24.8. The minimum Gasteiger partial charge on any atom is -0.665 e. The molecule has 7 N–H and O–H groups in total. The molecule has 292 valence electrons. The molecule has 0 saturated heterocycles. The van der Waals surface area contributed by atoms with Gasteiger partial charge in [-0.05, 0) is 106 Å². The number of aliphatic hydroxyl groups is 4. The van der Waals surface area contributed by atoms with Crippen LogP contribution in [0.1, 0.15) is 153 Å². The number of carbonyl (C=O) groups is 1. The zero-order chi connectivity index (χ0) is 37.8. The Morgan fingerprint density at radius 3 is 2.50 bits per heavy atom. The largest absolute Gasteiger partial charge is 0.665 e. The van der Waals surface area contributed by atoms with Gasteiger partial charge in [-0.15, -0.1) is 5.69 Å². The number of nitrogens with two attached hydrogens (primary N) is 1. The molecule has 52 heavy (non-hydrogen) atoms. The minimum absolute atomic E-state index is 0.0534. The molecule has 2 aliphatic rings. The normalized spacial score (nSPS) is 27.1. The van der Waals surface area contributed by atoms with Crippen molar-refractivity contribution in [2.24, 2.45) is 35.5 Å². The van der Waals surface area contributed by atoms with Crippen molar-refractivity contribution in [2.45, 2.75) is 160 Å². The third kappa shape index (κ3) is 12.2. The topological polar surface area (TPSA) is 171 Å². The van der Waals surface area contributed by atoms with Gasteiger partial charge in [0.25, 0.3) is 0 Å². The van der Waals surface area contributed by atoms with Gasteiger partial charge in [0.05, 0.1) is 29.8 Å². The lowest BCUT2D eigenvalue weighted by atomic mass is 9.79. The number of unbranched alkanes of at least 4 members (excludes halogenated alkanes) is 4. The number of nitrogen functional groups attached to an aromatic ring is 1. The number of allylic oxidation sites excluding steroid dienone is 1. The Labute approximate surface area is 312 Å². The maximum Gasteiger partial charge on any atom is 0.309 e. The average Bonchev–Trinajstić information content (AvgIpc) is 3.71. The van der Waals surface area contributed by atoms with E-state index < -0.39 is 35.6 Å². The van der Waals surface area contributed by atoms with Crippen molar-refractivity contribution in [1.29, 1.82) is 0 Å². The van der Waals surface area contributed by atoms with E-state index >= 15 is 0 Å². The van der Waals surface area contributed by atoms with Gasteiger partial charge in [0.1, 0.15) is 5.82 Å². The molecule has 0 radical (unpaired) electrons. The lowest BCUT2D eigenvalue weighted by Gasteiger charge is -2.36. The summed E-state index contributed by atoms with van der Waals surface area (Å²) in [5, 5.41) is 56.0. The summed E-state index contributed by atoms with van der Waals surface area (Å²) in [6.07, 6.45) is 17.7. The Morgan fingerprint density at radius 2 is 1.81 bits per heavy atom. The van der Waals surface area contributed by atoms with Crippen molar-refractivity contribution >= 4 is 11.8 Å². The number of rotatable bonds is 22. The summed E-state index contributed by atoms with van der Waals surface area (Å²) in [6.45, 7) is 8.74. The molecule has 4 rings (SSSR count). The first-order valence-electron chi connectivity index (χ1n) is 20.3. The summed E-state index contributed by atoms with van der Waals surface area (Å²) in [4.78, 5) is 21.0. The maximum absolute atomic E-state index is 12.3. The third-order valence-electron chi connectivity index (χ3n) is 12.1. The van der Waals surface area contributed by atoms with Gasteiger partial charge in [-0.1, -0.05) is 90.0 Å². The first kappa shape index (κ1) is 42.0. The van der Waals surface area contributed by atoms with Crippen LogP contribution in [0.2, 0.25) is 0 Å². The van der Waals surface area contributed by atoms with Gasteiger partial charge >= 0.3 is 5.97 Å². The molecule has 0 aliphatic heterocycles. The second-order valence-electron chi connectivity index (χ2n) is 16.9. The summed E-state index contributed by atoms with van der Waals surface area (Å²) in [7, 11) is 0. The molecule has 0 bridgehead atoms. The average molecular weight is 723 g/mol. The molecule has 2 aromatic rings. The number of aliphatic carboxylic acids is 1. The highest BCUT2D eigenvalue weighted by Gasteiger charge is 2.49. The second-order valence-corrected chi connectivity index (χ2v) is 16.9. The Balaban J connectivity index is 1.34. The predicted octanol–water partition coefficient (Wildman–Crippen LogP) is 7.73. The van der Waals surface area contributed by atoms with E-state index in [1.165, 1.54) is 19.3 Å². The Bertz CT molecular complexity index is 1390. The van der Waals surface area contributed by atoms with E-state index in [4.69, 9.17) is 5.73 Å². The van der Waals surface area contributed by atoms with E-state index in [-0.39, 0.29) is 30.8 Å². The van der Waals surface area contributed by atoms with Crippen LogP contribution in [0.25, 0.3) is 0 Å². The van der Waals surface area contributed by atoms with Gasteiger partial charge in [0.15, 0.2) is 0 Å². The summed E-state index contributed by atoms with van der Waals surface area (Å²) in [5.41, 5.74) is 7.27. The molecule has 9 nitrogen and oxygen atoms in total. The van der Waals surface area contributed by atoms with Crippen LogP contribution < -0.4 is 10.7 Å². The fraction of sp³-hybridized carbons (Fsp3) is 0.721. The summed E-state index contributed by atoms with van der Waals surface area (Å²) in [6, 6.07) is 5.71. The molecule has 0 spiro atoms. The van der Waals surface area contributed by atoms with Crippen molar-refractivity contribution in [3.8, 4) is 0 Å². The molecule has 2 aliphatic carbocycles. The van der Waals surface area contributed by atoms with Gasteiger partial charge in [0.2, 0.25) is 0 Å². The number of anilines is 1. The molecule has 2 heterocycles. The Morgan fingerprint density at radius 1 is 1.04 bits per heavy atom. The molecule has 0 aromatic carbocycles. The Hall–Kier alpha value is -2.72. The van der Waals surface area contributed by atoms with Crippen LogP contribution in [0.5, 0.6) is 0 Å². The van der Waals surface area contributed by atoms with Crippen LogP contribution in [-0.4, -0.2) is 54.3 Å². The van der Waals surface area contributed by atoms with E-state index in [1.54, 1.807) is 6.20 Å². The number of carboxylic acid groups (broad SMARTS) is 1. The monoisotopic (exact) mass is 723 g/mol. The zero-order valence-corrected chi connectivity index (χ0v) is 32.2. The fourth-order valence-corrected chi connectivity index (χ4v) is 9.16. The van der Waals surface area contributed by atoms with Crippen molar-refractivity contribution in [3.05, 3.63) is 59.6 Å². The van der Waals surface area contributed by atoms with Crippen LogP contribution in [0.3, 0.4) is 0 Å². The summed E-state index contributed by atoms with van der Waals surface area (Å²) in [5.74, 6) is -0.555. The van der Waals surface area contributed by atoms with Gasteiger partial charge < -0.3 is 36.3 Å². The smallest absolute Gasteiger partial charge is 0.309 e. The van der Waals surface area contributed by atoms with Gasteiger partial charge in [0, 0.05) is 18.0 Å². The van der Waals surface area contributed by atoms with Crippen LogP contribution in [0, 0.1) is 35.5 Å². The van der Waals surface area contributed by atoms with Crippen LogP contribution in [0.15, 0.2) is 42.7 Å². The summed E-state index contributed by atoms with van der Waals surface area (Å²) < 4.78 is 0. The van der Waals surface area contributed by atoms with E-state index in [0.29, 0.717) is 61.4 Å². The quantitative estimate of drug-likeness (QED) is 0.0526. The number of aromatic nitrogens is 2. The van der Waals surface area contributed by atoms with Gasteiger partial charge in [-0.3, -0.25) is 4.79 Å². The molecule has 9 heteroatoms. The third-order valence-corrected chi connectivity index (χ3v) is 12.1. The lowest BCUT2D eigenvalue weighted by Crippen LogP contribution is -2.39. The molecule has 10 atom stereocenters.